The van der Waals surface area contributed by atoms with E-state index in [9.17, 15) is 9.59 Å². The van der Waals surface area contributed by atoms with Gasteiger partial charge in [0.2, 0.25) is 5.95 Å². The van der Waals surface area contributed by atoms with Crippen molar-refractivity contribution >= 4 is 17.7 Å². The fourth-order valence-electron chi connectivity index (χ4n) is 1.11. The van der Waals surface area contributed by atoms with Crippen molar-refractivity contribution in [2.45, 2.75) is 12.8 Å². The summed E-state index contributed by atoms with van der Waals surface area (Å²) in [6.07, 6.45) is -0.0681. The van der Waals surface area contributed by atoms with E-state index in [4.69, 9.17) is 10.8 Å². The Labute approximate surface area is 85.3 Å². The summed E-state index contributed by atoms with van der Waals surface area (Å²) in [5.74, 6) is -0.660. The molecule has 5 N–H and O–H groups in total. The minimum absolute atomic E-state index is 0.0596. The fourth-order valence-corrected chi connectivity index (χ4v) is 1.11. The number of aromatic amines is 1. The summed E-state index contributed by atoms with van der Waals surface area (Å²) in [6.45, 7) is 0. The van der Waals surface area contributed by atoms with Gasteiger partial charge in [-0.15, -0.1) is 0 Å². The average Bonchev–Trinajstić information content (AvgIpc) is 2.15. The molecule has 82 valence electrons. The maximum atomic E-state index is 11.4. The van der Waals surface area contributed by atoms with Crippen LogP contribution in [0.2, 0.25) is 0 Å². The van der Waals surface area contributed by atoms with E-state index in [2.05, 4.69) is 15.3 Å². The number of H-pyrrole nitrogens is 1. The summed E-state index contributed by atoms with van der Waals surface area (Å²) >= 11 is 0. The van der Waals surface area contributed by atoms with Crippen molar-refractivity contribution in [1.82, 2.24) is 9.97 Å². The second kappa shape index (κ2) is 4.45. The Hall–Kier alpha value is -2.05. The van der Waals surface area contributed by atoms with Crippen LogP contribution in [-0.2, 0) is 11.2 Å². The van der Waals surface area contributed by atoms with E-state index < -0.39 is 11.5 Å². The van der Waals surface area contributed by atoms with Crippen LogP contribution in [0.15, 0.2) is 4.79 Å². The van der Waals surface area contributed by atoms with Gasteiger partial charge in [0.05, 0.1) is 5.56 Å². The summed E-state index contributed by atoms with van der Waals surface area (Å²) < 4.78 is 0. The molecule has 0 amide bonds. The van der Waals surface area contributed by atoms with Crippen molar-refractivity contribution in [3.05, 3.63) is 15.9 Å². The van der Waals surface area contributed by atoms with E-state index in [0.717, 1.165) is 0 Å². The van der Waals surface area contributed by atoms with Crippen molar-refractivity contribution in [2.75, 3.05) is 18.1 Å². The zero-order valence-electron chi connectivity index (χ0n) is 8.20. The van der Waals surface area contributed by atoms with Gasteiger partial charge in [0.15, 0.2) is 0 Å². The lowest BCUT2D eigenvalue weighted by molar-refractivity contribution is -0.136. The minimum Gasteiger partial charge on any atom is -0.481 e. The van der Waals surface area contributed by atoms with E-state index >= 15 is 0 Å². The van der Waals surface area contributed by atoms with E-state index in [1.54, 1.807) is 7.05 Å². The van der Waals surface area contributed by atoms with Gasteiger partial charge in [-0.05, 0) is 6.42 Å². The third kappa shape index (κ3) is 2.70. The molecule has 1 heterocycles. The first-order valence-corrected chi connectivity index (χ1v) is 4.32. The van der Waals surface area contributed by atoms with Gasteiger partial charge in [0.1, 0.15) is 5.82 Å². The highest BCUT2D eigenvalue weighted by Crippen LogP contribution is 2.07. The molecule has 7 heteroatoms. The molecule has 0 aliphatic heterocycles. The lowest BCUT2D eigenvalue weighted by atomic mass is 10.2. The zero-order valence-corrected chi connectivity index (χ0v) is 8.20. The zero-order chi connectivity index (χ0) is 11.4. The Balaban J connectivity index is 2.98. The number of hydrogen-bond donors (Lipinski definition) is 4. The molecule has 0 radical (unpaired) electrons. The molecule has 0 saturated heterocycles. The number of nitrogens with zero attached hydrogens (tertiary/aromatic N) is 1. The molecule has 0 unspecified atom stereocenters. The van der Waals surface area contributed by atoms with Crippen LogP contribution in [0.1, 0.15) is 12.0 Å². The molecule has 1 aromatic heterocycles. The average molecular weight is 212 g/mol. The van der Waals surface area contributed by atoms with Crippen LogP contribution in [0.5, 0.6) is 0 Å². The third-order valence-electron chi connectivity index (χ3n) is 1.87. The van der Waals surface area contributed by atoms with Crippen LogP contribution in [0.4, 0.5) is 11.8 Å². The first-order chi connectivity index (χ1) is 7.04. The number of carboxylic acid groups (broad SMARTS) is 1. The van der Waals surface area contributed by atoms with E-state index in [-0.39, 0.29) is 30.2 Å². The second-order valence-electron chi connectivity index (χ2n) is 2.92. The number of nitrogens with two attached hydrogens (primary N) is 1. The Bertz CT molecular complexity index is 426. The first kappa shape index (κ1) is 11.0. The highest BCUT2D eigenvalue weighted by atomic mass is 16.4. The lowest BCUT2D eigenvalue weighted by Gasteiger charge is -2.04. The molecule has 0 spiro atoms. The monoisotopic (exact) mass is 212 g/mol. The number of nitrogens with one attached hydrogen (secondary N) is 2. The molecule has 0 aromatic carbocycles. The number of rotatable bonds is 4. The molecule has 1 rings (SSSR count). The predicted molar refractivity (Wildman–Crippen MR) is 54.8 cm³/mol. The van der Waals surface area contributed by atoms with Crippen molar-refractivity contribution in [3.63, 3.8) is 0 Å². The summed E-state index contributed by atoms with van der Waals surface area (Å²) in [5.41, 5.74) is 5.32. The molecule has 0 aliphatic rings. The van der Waals surface area contributed by atoms with Gasteiger partial charge in [0, 0.05) is 13.5 Å². The van der Waals surface area contributed by atoms with Gasteiger partial charge in [-0.3, -0.25) is 14.6 Å². The van der Waals surface area contributed by atoms with Crippen LogP contribution in [0, 0.1) is 0 Å². The van der Waals surface area contributed by atoms with E-state index in [0.29, 0.717) is 0 Å². The van der Waals surface area contributed by atoms with Gasteiger partial charge in [-0.25, -0.2) is 0 Å². The van der Waals surface area contributed by atoms with Gasteiger partial charge in [-0.1, -0.05) is 0 Å². The number of hydrogen-bond acceptors (Lipinski definition) is 5. The standard InChI is InChI=1S/C8H12N4O3/c1-10-8-11-6(9)4(7(15)12-8)2-3-5(13)14/h2-3H2,1H3,(H,13,14)(H4,9,10,11,12,15). The van der Waals surface area contributed by atoms with Crippen LogP contribution in [-0.4, -0.2) is 28.1 Å². The maximum absolute atomic E-state index is 11.4. The van der Waals surface area contributed by atoms with Gasteiger partial charge in [0.25, 0.3) is 5.56 Å². The third-order valence-corrected chi connectivity index (χ3v) is 1.87. The van der Waals surface area contributed by atoms with Crippen molar-refractivity contribution < 1.29 is 9.90 Å². The highest BCUT2D eigenvalue weighted by molar-refractivity contribution is 5.67. The molecule has 0 aliphatic carbocycles. The molecular weight excluding hydrogens is 200 g/mol. The summed E-state index contributed by atoms with van der Waals surface area (Å²) in [6, 6.07) is 0. The largest absolute Gasteiger partial charge is 0.481 e. The Morgan fingerprint density at radius 1 is 1.67 bits per heavy atom. The summed E-state index contributed by atoms with van der Waals surface area (Å²) in [4.78, 5) is 28.0. The van der Waals surface area contributed by atoms with Crippen molar-refractivity contribution in [1.29, 1.82) is 0 Å². The lowest BCUT2D eigenvalue weighted by Crippen LogP contribution is -2.20. The quantitative estimate of drug-likeness (QED) is 0.529. The molecule has 15 heavy (non-hydrogen) atoms. The summed E-state index contributed by atoms with van der Waals surface area (Å²) in [7, 11) is 1.59. The number of nitrogen functional groups attached to an aromatic ring is 1. The molecule has 0 saturated carbocycles. The Morgan fingerprint density at radius 2 is 2.33 bits per heavy atom. The first-order valence-electron chi connectivity index (χ1n) is 4.32. The summed E-state index contributed by atoms with van der Waals surface area (Å²) in [5, 5.41) is 11.1. The molecule has 1 aromatic rings. The normalized spacial score (nSPS) is 9.93. The number of aliphatic carboxylic acids is 1. The van der Waals surface area contributed by atoms with Gasteiger partial charge >= 0.3 is 5.97 Å². The molecule has 0 fully saturated rings. The smallest absolute Gasteiger partial charge is 0.303 e. The maximum Gasteiger partial charge on any atom is 0.303 e. The second-order valence-corrected chi connectivity index (χ2v) is 2.92. The molecule has 7 nitrogen and oxygen atoms in total. The minimum atomic E-state index is -0.980. The van der Waals surface area contributed by atoms with E-state index in [1.807, 2.05) is 0 Å². The van der Waals surface area contributed by atoms with Crippen molar-refractivity contribution in [3.8, 4) is 0 Å². The fraction of sp³-hybridized carbons (Fsp3) is 0.375. The number of aromatic nitrogens is 2. The molecule has 0 bridgehead atoms. The number of carboxylic acids is 1. The van der Waals surface area contributed by atoms with E-state index in [1.165, 1.54) is 0 Å². The van der Waals surface area contributed by atoms with Crippen LogP contribution >= 0.6 is 0 Å². The molecule has 0 atom stereocenters. The topological polar surface area (TPSA) is 121 Å². The Kier molecular flexibility index (Phi) is 3.27. The van der Waals surface area contributed by atoms with Crippen molar-refractivity contribution in [2.24, 2.45) is 0 Å². The van der Waals surface area contributed by atoms with Crippen LogP contribution < -0.4 is 16.6 Å². The Morgan fingerprint density at radius 3 is 2.80 bits per heavy atom. The highest BCUT2D eigenvalue weighted by Gasteiger charge is 2.09. The predicted octanol–water partition coefficient (Wildman–Crippen LogP) is -0.589. The molecular formula is C8H12N4O3. The van der Waals surface area contributed by atoms with Crippen LogP contribution in [0.3, 0.4) is 0 Å². The van der Waals surface area contributed by atoms with Gasteiger partial charge < -0.3 is 16.2 Å². The SMILES string of the molecule is CNc1nc(N)c(CCC(=O)O)c(=O)[nH]1. The number of anilines is 2. The van der Waals surface area contributed by atoms with Gasteiger partial charge in [-0.2, -0.15) is 4.98 Å². The number of carbonyl (C=O) groups is 1. The van der Waals surface area contributed by atoms with Crippen LogP contribution in [0.25, 0.3) is 0 Å².